The van der Waals surface area contributed by atoms with Gasteiger partial charge in [0.15, 0.2) is 0 Å². The van der Waals surface area contributed by atoms with Gasteiger partial charge in [-0.15, -0.1) is 0 Å². The van der Waals surface area contributed by atoms with Gasteiger partial charge in [0.1, 0.15) is 11.3 Å². The first kappa shape index (κ1) is 12.7. The van der Waals surface area contributed by atoms with E-state index in [2.05, 4.69) is 11.4 Å². The molecule has 0 radical (unpaired) electrons. The van der Waals surface area contributed by atoms with Crippen molar-refractivity contribution in [3.8, 4) is 11.8 Å². The molecule has 0 aliphatic carbocycles. The van der Waals surface area contributed by atoms with E-state index in [0.717, 1.165) is 37.3 Å². The van der Waals surface area contributed by atoms with Crippen molar-refractivity contribution >= 4 is 5.69 Å². The molecule has 0 aromatic heterocycles. The summed E-state index contributed by atoms with van der Waals surface area (Å²) in [4.78, 5) is 0. The Kier molecular flexibility index (Phi) is 4.06. The van der Waals surface area contributed by atoms with Crippen LogP contribution in [0.2, 0.25) is 0 Å². The molecule has 4 heteroatoms. The number of ether oxygens (including phenoxy) is 2. The Bertz CT molecular complexity index is 414. The van der Waals surface area contributed by atoms with Crippen LogP contribution in [0.25, 0.3) is 0 Å². The molecule has 2 rings (SSSR count). The molecule has 1 aromatic rings. The Balaban J connectivity index is 2.11. The van der Waals surface area contributed by atoms with Gasteiger partial charge < -0.3 is 14.8 Å². The highest BCUT2D eigenvalue weighted by Crippen LogP contribution is 2.26. The fraction of sp³-hybridized carbons (Fsp3) is 0.500. The minimum atomic E-state index is -0.509. The Morgan fingerprint density at radius 2 is 2.06 bits per heavy atom. The highest BCUT2D eigenvalue weighted by molar-refractivity contribution is 5.50. The zero-order valence-corrected chi connectivity index (χ0v) is 10.6. The van der Waals surface area contributed by atoms with E-state index < -0.39 is 5.54 Å². The van der Waals surface area contributed by atoms with Gasteiger partial charge in [0.2, 0.25) is 0 Å². The van der Waals surface area contributed by atoms with Gasteiger partial charge >= 0.3 is 0 Å². The number of hydrogen-bond donors (Lipinski definition) is 1. The van der Waals surface area contributed by atoms with E-state index in [4.69, 9.17) is 9.47 Å². The van der Waals surface area contributed by atoms with Gasteiger partial charge in [0.05, 0.1) is 13.2 Å². The molecule has 1 saturated heterocycles. The molecule has 1 atom stereocenters. The van der Waals surface area contributed by atoms with E-state index in [1.807, 2.05) is 24.3 Å². The van der Waals surface area contributed by atoms with E-state index in [1.54, 1.807) is 7.11 Å². The highest BCUT2D eigenvalue weighted by Gasteiger charge is 2.30. The van der Waals surface area contributed by atoms with Gasteiger partial charge in [0, 0.05) is 25.3 Å². The molecule has 1 fully saturated rings. The molecule has 96 valence electrons. The highest BCUT2D eigenvalue weighted by atomic mass is 16.5. The van der Waals surface area contributed by atoms with Gasteiger partial charge in [-0.05, 0) is 37.1 Å². The average Bonchev–Trinajstić information content (AvgIpc) is 2.66. The average molecular weight is 246 g/mol. The summed E-state index contributed by atoms with van der Waals surface area (Å²) in [6, 6.07) is 10.1. The predicted octanol–water partition coefficient (Wildman–Crippen LogP) is 2.57. The summed E-state index contributed by atoms with van der Waals surface area (Å²) >= 11 is 0. The molecule has 18 heavy (non-hydrogen) atoms. The first-order chi connectivity index (χ1) is 8.78. The first-order valence-corrected chi connectivity index (χ1v) is 6.19. The van der Waals surface area contributed by atoms with Crippen molar-refractivity contribution < 1.29 is 9.47 Å². The largest absolute Gasteiger partial charge is 0.497 e. The minimum Gasteiger partial charge on any atom is -0.497 e. The molecular weight excluding hydrogens is 228 g/mol. The number of anilines is 1. The quantitative estimate of drug-likeness (QED) is 0.890. The molecular formula is C14H18N2O2. The lowest BCUT2D eigenvalue weighted by atomic mass is 9.92. The molecule has 0 saturated carbocycles. The summed E-state index contributed by atoms with van der Waals surface area (Å²) in [5, 5.41) is 12.8. The molecule has 0 bridgehead atoms. The molecule has 1 aliphatic heterocycles. The fourth-order valence-electron chi connectivity index (χ4n) is 2.16. The number of methoxy groups -OCH3 is 1. The second-order valence-corrected chi connectivity index (χ2v) is 4.51. The van der Waals surface area contributed by atoms with Crippen LogP contribution in [0, 0.1) is 11.3 Å². The lowest BCUT2D eigenvalue weighted by molar-refractivity contribution is 0.142. The van der Waals surface area contributed by atoms with Gasteiger partial charge in [-0.3, -0.25) is 0 Å². The molecule has 1 N–H and O–H groups in total. The summed E-state index contributed by atoms with van der Waals surface area (Å²) in [6.45, 7) is 1.38. The van der Waals surface area contributed by atoms with E-state index >= 15 is 0 Å². The molecule has 1 aliphatic rings. The molecule has 1 unspecified atom stereocenters. The lowest BCUT2D eigenvalue weighted by Crippen LogP contribution is -2.36. The minimum absolute atomic E-state index is 0.509. The van der Waals surface area contributed by atoms with Crippen LogP contribution in [-0.4, -0.2) is 25.9 Å². The summed E-state index contributed by atoms with van der Waals surface area (Å²) in [5.41, 5.74) is 0.435. The maximum absolute atomic E-state index is 9.44. The number of nitriles is 1. The molecule has 1 heterocycles. The third-order valence-electron chi connectivity index (χ3n) is 3.25. The van der Waals surface area contributed by atoms with E-state index in [1.165, 1.54) is 0 Å². The number of hydrogen-bond acceptors (Lipinski definition) is 4. The van der Waals surface area contributed by atoms with Crippen LogP contribution in [0.4, 0.5) is 5.69 Å². The summed E-state index contributed by atoms with van der Waals surface area (Å²) in [7, 11) is 1.64. The van der Waals surface area contributed by atoms with Crippen molar-refractivity contribution in [2.75, 3.05) is 25.6 Å². The second-order valence-electron chi connectivity index (χ2n) is 4.51. The van der Waals surface area contributed by atoms with Crippen molar-refractivity contribution in [1.29, 1.82) is 5.26 Å². The Morgan fingerprint density at radius 3 is 2.72 bits per heavy atom. The van der Waals surface area contributed by atoms with Crippen molar-refractivity contribution in [1.82, 2.24) is 0 Å². The Hall–Kier alpha value is -1.73. The second kappa shape index (κ2) is 5.74. The van der Waals surface area contributed by atoms with Crippen LogP contribution >= 0.6 is 0 Å². The normalized spacial score (nSPS) is 23.8. The SMILES string of the molecule is COc1ccc(NC2(C#N)CCCOCC2)cc1. The zero-order valence-electron chi connectivity index (χ0n) is 10.6. The van der Waals surface area contributed by atoms with Gasteiger partial charge in [-0.1, -0.05) is 0 Å². The van der Waals surface area contributed by atoms with Crippen LogP contribution in [0.1, 0.15) is 19.3 Å². The van der Waals surface area contributed by atoms with Gasteiger partial charge in [-0.25, -0.2) is 0 Å². The lowest BCUT2D eigenvalue weighted by Gasteiger charge is -2.27. The molecule has 4 nitrogen and oxygen atoms in total. The van der Waals surface area contributed by atoms with Crippen molar-refractivity contribution in [2.45, 2.75) is 24.8 Å². The van der Waals surface area contributed by atoms with E-state index in [-0.39, 0.29) is 0 Å². The van der Waals surface area contributed by atoms with Gasteiger partial charge in [-0.2, -0.15) is 5.26 Å². The topological polar surface area (TPSA) is 54.3 Å². The Labute approximate surface area is 108 Å². The number of nitrogens with zero attached hydrogens (tertiary/aromatic N) is 1. The van der Waals surface area contributed by atoms with Crippen LogP contribution in [0.3, 0.4) is 0 Å². The van der Waals surface area contributed by atoms with Crippen LogP contribution in [0.5, 0.6) is 5.75 Å². The Morgan fingerprint density at radius 1 is 1.28 bits per heavy atom. The van der Waals surface area contributed by atoms with E-state index in [9.17, 15) is 5.26 Å². The van der Waals surface area contributed by atoms with Crippen LogP contribution in [-0.2, 0) is 4.74 Å². The number of nitrogens with one attached hydrogen (secondary N) is 1. The number of benzene rings is 1. The third kappa shape index (κ3) is 2.93. The van der Waals surface area contributed by atoms with Crippen molar-refractivity contribution in [3.63, 3.8) is 0 Å². The predicted molar refractivity (Wildman–Crippen MR) is 69.6 cm³/mol. The van der Waals surface area contributed by atoms with Crippen LogP contribution < -0.4 is 10.1 Å². The zero-order chi connectivity index (χ0) is 12.8. The summed E-state index contributed by atoms with van der Waals surface area (Å²) in [6.07, 6.45) is 2.45. The number of rotatable bonds is 3. The van der Waals surface area contributed by atoms with Crippen LogP contribution in [0.15, 0.2) is 24.3 Å². The summed E-state index contributed by atoms with van der Waals surface area (Å²) < 4.78 is 10.5. The molecule has 0 amide bonds. The standard InChI is InChI=1S/C14H18N2O2/c1-17-13-5-3-12(4-6-13)16-14(11-15)7-2-9-18-10-8-14/h3-6,16H,2,7-10H2,1H3. The van der Waals surface area contributed by atoms with Crippen molar-refractivity contribution in [3.05, 3.63) is 24.3 Å². The maximum Gasteiger partial charge on any atom is 0.127 e. The maximum atomic E-state index is 9.44. The molecule has 0 spiro atoms. The smallest absolute Gasteiger partial charge is 0.127 e. The molecule has 1 aromatic carbocycles. The summed E-state index contributed by atoms with van der Waals surface area (Å²) in [5.74, 6) is 0.816. The van der Waals surface area contributed by atoms with Crippen molar-refractivity contribution in [2.24, 2.45) is 0 Å². The fourth-order valence-corrected chi connectivity index (χ4v) is 2.16. The first-order valence-electron chi connectivity index (χ1n) is 6.19. The van der Waals surface area contributed by atoms with E-state index in [0.29, 0.717) is 6.61 Å². The van der Waals surface area contributed by atoms with Gasteiger partial charge in [0.25, 0.3) is 0 Å². The monoisotopic (exact) mass is 246 g/mol. The third-order valence-corrected chi connectivity index (χ3v) is 3.25.